The molecule has 4 nitrogen and oxygen atoms in total. The molecule has 1 aromatic heterocycles. The van der Waals surface area contributed by atoms with E-state index in [-0.39, 0.29) is 12.1 Å². The van der Waals surface area contributed by atoms with Gasteiger partial charge in [-0.05, 0) is 26.3 Å². The lowest BCUT2D eigenvalue weighted by molar-refractivity contribution is 0.0942. The summed E-state index contributed by atoms with van der Waals surface area (Å²) in [5, 5.41) is 13.1. The van der Waals surface area contributed by atoms with Gasteiger partial charge in [-0.1, -0.05) is 0 Å². The zero-order valence-electron chi connectivity index (χ0n) is 8.27. The molecule has 0 aromatic carbocycles. The van der Waals surface area contributed by atoms with E-state index in [4.69, 9.17) is 0 Å². The number of aryl methyl sites for hydroxylation is 1. The number of aliphatic hydroxyl groups is 1. The molecule has 2 rings (SSSR count). The predicted octanol–water partition coefficient (Wildman–Crippen LogP) is 0.570. The van der Waals surface area contributed by atoms with Crippen molar-refractivity contribution in [2.24, 2.45) is 0 Å². The predicted molar refractivity (Wildman–Crippen MR) is 52.8 cm³/mol. The number of rotatable bonds is 1. The standard InChI is InChI=1S/C10H15N3O/c1-7-9(13-6-5-11-7)10-8(14)3-2-4-12-10/h5-6,8,10,12,14H,2-4H2,1H3. The van der Waals surface area contributed by atoms with Crippen LogP contribution in [-0.4, -0.2) is 27.7 Å². The molecular weight excluding hydrogens is 178 g/mol. The van der Waals surface area contributed by atoms with Crippen molar-refractivity contribution >= 4 is 0 Å². The van der Waals surface area contributed by atoms with Gasteiger partial charge in [0.15, 0.2) is 0 Å². The van der Waals surface area contributed by atoms with Crippen molar-refractivity contribution in [1.29, 1.82) is 0 Å². The monoisotopic (exact) mass is 193 g/mol. The van der Waals surface area contributed by atoms with E-state index >= 15 is 0 Å². The molecule has 0 saturated carbocycles. The summed E-state index contributed by atoms with van der Waals surface area (Å²) < 4.78 is 0. The average molecular weight is 193 g/mol. The summed E-state index contributed by atoms with van der Waals surface area (Å²) in [5.41, 5.74) is 1.77. The molecule has 0 radical (unpaired) electrons. The minimum absolute atomic E-state index is 0.0440. The summed E-state index contributed by atoms with van der Waals surface area (Å²) in [6, 6.07) is -0.0440. The van der Waals surface area contributed by atoms with Crippen LogP contribution in [0.2, 0.25) is 0 Å². The van der Waals surface area contributed by atoms with E-state index in [0.29, 0.717) is 0 Å². The number of piperidine rings is 1. The first-order valence-electron chi connectivity index (χ1n) is 4.98. The number of hydrogen-bond acceptors (Lipinski definition) is 4. The van der Waals surface area contributed by atoms with E-state index in [2.05, 4.69) is 15.3 Å². The summed E-state index contributed by atoms with van der Waals surface area (Å²) in [7, 11) is 0. The number of nitrogens with zero attached hydrogens (tertiary/aromatic N) is 2. The molecule has 4 heteroatoms. The van der Waals surface area contributed by atoms with Crippen molar-refractivity contribution in [3.8, 4) is 0 Å². The first-order valence-corrected chi connectivity index (χ1v) is 4.98. The maximum atomic E-state index is 9.82. The molecule has 2 atom stereocenters. The van der Waals surface area contributed by atoms with Gasteiger partial charge in [0, 0.05) is 12.4 Å². The molecule has 14 heavy (non-hydrogen) atoms. The second-order valence-electron chi connectivity index (χ2n) is 3.67. The summed E-state index contributed by atoms with van der Waals surface area (Å²) >= 11 is 0. The van der Waals surface area contributed by atoms with Crippen molar-refractivity contribution in [2.75, 3.05) is 6.54 Å². The average Bonchev–Trinajstić information content (AvgIpc) is 2.20. The summed E-state index contributed by atoms with van der Waals surface area (Å²) in [6.07, 6.45) is 4.88. The van der Waals surface area contributed by atoms with Crippen molar-refractivity contribution in [3.63, 3.8) is 0 Å². The Morgan fingerprint density at radius 3 is 2.93 bits per heavy atom. The molecule has 0 aliphatic carbocycles. The van der Waals surface area contributed by atoms with Crippen molar-refractivity contribution in [3.05, 3.63) is 23.8 Å². The Balaban J connectivity index is 2.25. The lowest BCUT2D eigenvalue weighted by Gasteiger charge is -2.28. The minimum atomic E-state index is -0.334. The molecule has 1 aliphatic rings. The highest BCUT2D eigenvalue weighted by molar-refractivity contribution is 5.15. The van der Waals surface area contributed by atoms with Crippen LogP contribution in [0.4, 0.5) is 0 Å². The Hall–Kier alpha value is -1.00. The van der Waals surface area contributed by atoms with Crippen LogP contribution >= 0.6 is 0 Å². The quantitative estimate of drug-likeness (QED) is 0.684. The first kappa shape index (κ1) is 9.55. The zero-order valence-corrected chi connectivity index (χ0v) is 8.27. The summed E-state index contributed by atoms with van der Waals surface area (Å²) in [4.78, 5) is 8.44. The van der Waals surface area contributed by atoms with Gasteiger partial charge in [-0.2, -0.15) is 0 Å². The van der Waals surface area contributed by atoms with E-state index < -0.39 is 0 Å². The molecule has 1 aromatic rings. The van der Waals surface area contributed by atoms with Crippen LogP contribution in [0.25, 0.3) is 0 Å². The SMILES string of the molecule is Cc1nccnc1C1NCCCC1O. The molecule has 2 unspecified atom stereocenters. The maximum Gasteiger partial charge on any atom is 0.0811 e. The number of hydrogen-bond donors (Lipinski definition) is 2. The topological polar surface area (TPSA) is 58.0 Å². The van der Waals surface area contributed by atoms with Crippen LogP contribution in [-0.2, 0) is 0 Å². The van der Waals surface area contributed by atoms with Crippen molar-refractivity contribution in [1.82, 2.24) is 15.3 Å². The molecule has 0 amide bonds. The van der Waals surface area contributed by atoms with Crippen LogP contribution in [0.15, 0.2) is 12.4 Å². The zero-order chi connectivity index (χ0) is 9.97. The maximum absolute atomic E-state index is 9.82. The smallest absolute Gasteiger partial charge is 0.0811 e. The fraction of sp³-hybridized carbons (Fsp3) is 0.600. The van der Waals surface area contributed by atoms with Crippen LogP contribution < -0.4 is 5.32 Å². The Kier molecular flexibility index (Phi) is 2.74. The molecule has 2 heterocycles. The Labute approximate surface area is 83.4 Å². The number of nitrogens with one attached hydrogen (secondary N) is 1. The number of aliphatic hydroxyl groups excluding tert-OH is 1. The normalized spacial score (nSPS) is 27.6. The molecule has 2 N–H and O–H groups in total. The Bertz CT molecular complexity index is 316. The second kappa shape index (κ2) is 4.02. The Morgan fingerprint density at radius 1 is 1.43 bits per heavy atom. The lowest BCUT2D eigenvalue weighted by atomic mass is 9.97. The largest absolute Gasteiger partial charge is 0.391 e. The van der Waals surface area contributed by atoms with Gasteiger partial charge in [-0.3, -0.25) is 9.97 Å². The van der Waals surface area contributed by atoms with Gasteiger partial charge >= 0.3 is 0 Å². The molecule has 76 valence electrons. The van der Waals surface area contributed by atoms with Crippen LogP contribution in [0, 0.1) is 6.92 Å². The molecule has 1 saturated heterocycles. The summed E-state index contributed by atoms with van der Waals surface area (Å²) in [6.45, 7) is 2.86. The highest BCUT2D eigenvalue weighted by Gasteiger charge is 2.26. The van der Waals surface area contributed by atoms with Gasteiger partial charge < -0.3 is 10.4 Å². The lowest BCUT2D eigenvalue weighted by Crippen LogP contribution is -2.38. The van der Waals surface area contributed by atoms with Gasteiger partial charge in [0.1, 0.15) is 0 Å². The Morgan fingerprint density at radius 2 is 2.21 bits per heavy atom. The number of aromatic nitrogens is 2. The molecule has 1 fully saturated rings. The molecule has 0 spiro atoms. The van der Waals surface area contributed by atoms with Gasteiger partial charge in [0.25, 0.3) is 0 Å². The molecular formula is C10H15N3O. The highest BCUT2D eigenvalue weighted by atomic mass is 16.3. The summed E-state index contributed by atoms with van der Waals surface area (Å²) in [5.74, 6) is 0. The van der Waals surface area contributed by atoms with Crippen LogP contribution in [0.1, 0.15) is 30.3 Å². The van der Waals surface area contributed by atoms with E-state index in [1.54, 1.807) is 12.4 Å². The third-order valence-electron chi connectivity index (χ3n) is 2.64. The molecule has 0 bridgehead atoms. The van der Waals surface area contributed by atoms with Gasteiger partial charge in [0.2, 0.25) is 0 Å². The highest BCUT2D eigenvalue weighted by Crippen LogP contribution is 2.22. The van der Waals surface area contributed by atoms with Gasteiger partial charge in [0.05, 0.1) is 23.5 Å². The van der Waals surface area contributed by atoms with Crippen molar-refractivity contribution < 1.29 is 5.11 Å². The van der Waals surface area contributed by atoms with Crippen LogP contribution in [0.5, 0.6) is 0 Å². The fourth-order valence-electron chi connectivity index (χ4n) is 1.87. The second-order valence-corrected chi connectivity index (χ2v) is 3.67. The minimum Gasteiger partial charge on any atom is -0.391 e. The van der Waals surface area contributed by atoms with E-state index in [9.17, 15) is 5.11 Å². The third-order valence-corrected chi connectivity index (χ3v) is 2.64. The van der Waals surface area contributed by atoms with Crippen molar-refractivity contribution in [2.45, 2.75) is 31.9 Å². The van der Waals surface area contributed by atoms with Gasteiger partial charge in [-0.15, -0.1) is 0 Å². The van der Waals surface area contributed by atoms with E-state index in [0.717, 1.165) is 30.8 Å². The van der Waals surface area contributed by atoms with Gasteiger partial charge in [-0.25, -0.2) is 0 Å². The fourth-order valence-corrected chi connectivity index (χ4v) is 1.87. The van der Waals surface area contributed by atoms with E-state index in [1.165, 1.54) is 0 Å². The van der Waals surface area contributed by atoms with E-state index in [1.807, 2.05) is 6.92 Å². The first-order chi connectivity index (χ1) is 6.79. The van der Waals surface area contributed by atoms with Crippen LogP contribution in [0.3, 0.4) is 0 Å². The third kappa shape index (κ3) is 1.76. The molecule has 1 aliphatic heterocycles.